The van der Waals surface area contributed by atoms with Crippen LogP contribution in [0.15, 0.2) is 45.6 Å². The SMILES string of the molecule is NC(CCC(=O)OCc1cc(=O)oc2c1ccc1cc(O)ccc12)C(=O)O. The highest BCUT2D eigenvalue weighted by Gasteiger charge is 2.15. The van der Waals surface area contributed by atoms with Crippen molar-refractivity contribution in [1.82, 2.24) is 0 Å². The average Bonchev–Trinajstić information content (AvgIpc) is 2.63. The second-order valence-electron chi connectivity index (χ2n) is 6.08. The molecule has 0 fully saturated rings. The Balaban J connectivity index is 1.84. The molecule has 1 heterocycles. The number of aliphatic carboxylic acids is 1. The Morgan fingerprint density at radius 3 is 2.63 bits per heavy atom. The normalized spacial score (nSPS) is 12.2. The van der Waals surface area contributed by atoms with Crippen molar-refractivity contribution in [2.24, 2.45) is 5.73 Å². The maximum absolute atomic E-state index is 11.9. The number of rotatable bonds is 6. The summed E-state index contributed by atoms with van der Waals surface area (Å²) in [7, 11) is 0. The zero-order chi connectivity index (χ0) is 19.6. The van der Waals surface area contributed by atoms with Crippen LogP contribution >= 0.6 is 0 Å². The molecule has 0 aliphatic rings. The zero-order valence-electron chi connectivity index (χ0n) is 14.2. The van der Waals surface area contributed by atoms with Crippen LogP contribution in [-0.2, 0) is 20.9 Å². The number of aromatic hydroxyl groups is 1. The van der Waals surface area contributed by atoms with Crippen LogP contribution in [-0.4, -0.2) is 28.2 Å². The van der Waals surface area contributed by atoms with Crippen molar-refractivity contribution in [2.75, 3.05) is 0 Å². The summed E-state index contributed by atoms with van der Waals surface area (Å²) in [6.07, 6.45) is -0.185. The Morgan fingerprint density at radius 2 is 1.89 bits per heavy atom. The zero-order valence-corrected chi connectivity index (χ0v) is 14.2. The van der Waals surface area contributed by atoms with Crippen LogP contribution in [0.25, 0.3) is 21.7 Å². The molecule has 8 heteroatoms. The first kappa shape index (κ1) is 18.4. The van der Waals surface area contributed by atoms with Crippen LogP contribution < -0.4 is 11.4 Å². The number of nitrogens with two attached hydrogens (primary N) is 1. The Kier molecular flexibility index (Phi) is 5.09. The molecule has 1 aromatic heterocycles. The van der Waals surface area contributed by atoms with Crippen molar-refractivity contribution in [3.63, 3.8) is 0 Å². The summed E-state index contributed by atoms with van der Waals surface area (Å²) >= 11 is 0. The van der Waals surface area contributed by atoms with Crippen molar-refractivity contribution in [2.45, 2.75) is 25.5 Å². The summed E-state index contributed by atoms with van der Waals surface area (Å²) in [6.45, 7) is -0.160. The van der Waals surface area contributed by atoms with Crippen LogP contribution in [0.5, 0.6) is 5.75 Å². The molecular formula is C19H17NO7. The number of hydrogen-bond acceptors (Lipinski definition) is 7. The van der Waals surface area contributed by atoms with Crippen molar-refractivity contribution in [3.8, 4) is 5.75 Å². The molecule has 0 radical (unpaired) electrons. The van der Waals surface area contributed by atoms with E-state index in [1.54, 1.807) is 24.3 Å². The molecule has 4 N–H and O–H groups in total. The van der Waals surface area contributed by atoms with E-state index < -0.39 is 23.6 Å². The Morgan fingerprint density at radius 1 is 1.15 bits per heavy atom. The van der Waals surface area contributed by atoms with Gasteiger partial charge in [0.25, 0.3) is 0 Å². The Labute approximate surface area is 152 Å². The van der Waals surface area contributed by atoms with Crippen LogP contribution in [0.4, 0.5) is 0 Å². The molecule has 0 amide bonds. The molecule has 0 aliphatic heterocycles. The van der Waals surface area contributed by atoms with Gasteiger partial charge in [-0.15, -0.1) is 0 Å². The number of carboxylic acids is 1. The maximum Gasteiger partial charge on any atom is 0.336 e. The number of carboxylic acid groups (broad SMARTS) is 1. The highest BCUT2D eigenvalue weighted by atomic mass is 16.5. The van der Waals surface area contributed by atoms with Crippen molar-refractivity contribution in [1.29, 1.82) is 0 Å². The molecule has 3 aromatic rings. The number of carbonyl (C=O) groups is 2. The molecule has 3 rings (SSSR count). The number of hydrogen-bond donors (Lipinski definition) is 3. The lowest BCUT2D eigenvalue weighted by Crippen LogP contribution is -2.30. The third-order valence-corrected chi connectivity index (χ3v) is 4.16. The van der Waals surface area contributed by atoms with Crippen molar-refractivity contribution < 1.29 is 29.0 Å². The fraction of sp³-hybridized carbons (Fsp3) is 0.211. The smallest absolute Gasteiger partial charge is 0.336 e. The molecule has 8 nitrogen and oxygen atoms in total. The number of phenolic OH excluding ortho intramolecular Hbond substituents is 1. The first-order valence-corrected chi connectivity index (χ1v) is 8.17. The molecule has 0 saturated carbocycles. The summed E-state index contributed by atoms with van der Waals surface area (Å²) in [4.78, 5) is 34.4. The highest BCUT2D eigenvalue weighted by molar-refractivity contribution is 6.05. The van der Waals surface area contributed by atoms with Crippen LogP contribution in [0.1, 0.15) is 18.4 Å². The summed E-state index contributed by atoms with van der Waals surface area (Å²) in [5.74, 6) is -1.71. The molecule has 0 spiro atoms. The first-order chi connectivity index (χ1) is 12.8. The number of esters is 1. The summed E-state index contributed by atoms with van der Waals surface area (Å²) < 4.78 is 10.5. The van der Waals surface area contributed by atoms with Gasteiger partial charge in [0.1, 0.15) is 24.0 Å². The Hall–Kier alpha value is -3.39. The van der Waals surface area contributed by atoms with E-state index in [1.165, 1.54) is 12.1 Å². The monoisotopic (exact) mass is 371 g/mol. The minimum Gasteiger partial charge on any atom is -0.508 e. The topological polar surface area (TPSA) is 140 Å². The van der Waals surface area contributed by atoms with Gasteiger partial charge in [0.15, 0.2) is 0 Å². The summed E-state index contributed by atoms with van der Waals surface area (Å²) in [5.41, 5.74) is 5.55. The highest BCUT2D eigenvalue weighted by Crippen LogP contribution is 2.29. The van der Waals surface area contributed by atoms with Gasteiger partial charge in [-0.2, -0.15) is 0 Å². The van der Waals surface area contributed by atoms with E-state index in [0.717, 1.165) is 0 Å². The van der Waals surface area contributed by atoms with Gasteiger partial charge in [0.2, 0.25) is 0 Å². The summed E-state index contributed by atoms with van der Waals surface area (Å²) in [5, 5.41) is 20.2. The average molecular weight is 371 g/mol. The predicted octanol–water partition coefficient (Wildman–Crippen LogP) is 1.89. The lowest BCUT2D eigenvalue weighted by atomic mass is 10.0. The summed E-state index contributed by atoms with van der Waals surface area (Å²) in [6, 6.07) is 8.25. The van der Waals surface area contributed by atoms with Crippen molar-refractivity contribution in [3.05, 3.63) is 52.4 Å². The fourth-order valence-corrected chi connectivity index (χ4v) is 2.75. The fourth-order valence-electron chi connectivity index (χ4n) is 2.75. The van der Waals surface area contributed by atoms with Gasteiger partial charge in [-0.25, -0.2) is 4.79 Å². The second-order valence-corrected chi connectivity index (χ2v) is 6.08. The van der Waals surface area contributed by atoms with Crippen LogP contribution in [0, 0.1) is 0 Å². The van der Waals surface area contributed by atoms with Gasteiger partial charge in [-0.05, 0) is 30.0 Å². The Bertz CT molecular complexity index is 1090. The van der Waals surface area contributed by atoms with Gasteiger partial charge in [-0.3, -0.25) is 9.59 Å². The first-order valence-electron chi connectivity index (χ1n) is 8.17. The van der Waals surface area contributed by atoms with E-state index in [2.05, 4.69) is 0 Å². The third kappa shape index (κ3) is 4.06. The van der Waals surface area contributed by atoms with E-state index in [0.29, 0.717) is 27.3 Å². The lowest BCUT2D eigenvalue weighted by molar-refractivity contribution is -0.145. The van der Waals surface area contributed by atoms with E-state index in [4.69, 9.17) is 20.0 Å². The van der Waals surface area contributed by atoms with Gasteiger partial charge in [0.05, 0.1) is 0 Å². The molecular weight excluding hydrogens is 354 g/mol. The third-order valence-electron chi connectivity index (χ3n) is 4.16. The number of carbonyl (C=O) groups excluding carboxylic acids is 1. The van der Waals surface area contributed by atoms with Gasteiger partial charge < -0.3 is 25.1 Å². The maximum atomic E-state index is 11.9. The number of phenols is 1. The number of benzene rings is 2. The molecule has 27 heavy (non-hydrogen) atoms. The van der Waals surface area contributed by atoms with Crippen LogP contribution in [0.3, 0.4) is 0 Å². The minimum atomic E-state index is -1.19. The molecule has 0 saturated heterocycles. The second kappa shape index (κ2) is 7.46. The minimum absolute atomic E-state index is 0.0417. The van der Waals surface area contributed by atoms with E-state index in [9.17, 15) is 19.5 Å². The van der Waals surface area contributed by atoms with Gasteiger partial charge >= 0.3 is 17.6 Å². The van der Waals surface area contributed by atoms with E-state index in [1.807, 2.05) is 0 Å². The largest absolute Gasteiger partial charge is 0.508 e. The predicted molar refractivity (Wildman–Crippen MR) is 96.3 cm³/mol. The number of ether oxygens (including phenoxy) is 1. The standard InChI is InChI=1S/C19H17NO7/c20-15(19(24)25)5-6-16(22)26-9-11-8-17(23)27-18-13-4-2-12(21)7-10(13)1-3-14(11)18/h1-4,7-8,15,21H,5-6,9,20H2,(H,24,25). The molecule has 140 valence electrons. The quantitative estimate of drug-likeness (QED) is 0.339. The number of fused-ring (bicyclic) bond motifs is 3. The van der Waals surface area contributed by atoms with Gasteiger partial charge in [0, 0.05) is 28.8 Å². The van der Waals surface area contributed by atoms with E-state index >= 15 is 0 Å². The molecule has 2 aromatic carbocycles. The molecule has 1 atom stereocenters. The van der Waals surface area contributed by atoms with Crippen LogP contribution in [0.2, 0.25) is 0 Å². The molecule has 0 aliphatic carbocycles. The molecule has 0 bridgehead atoms. The van der Waals surface area contributed by atoms with Gasteiger partial charge in [-0.1, -0.05) is 12.1 Å². The van der Waals surface area contributed by atoms with Crippen molar-refractivity contribution >= 4 is 33.7 Å². The molecule has 1 unspecified atom stereocenters. The lowest BCUT2D eigenvalue weighted by Gasteiger charge is -2.10. The van der Waals surface area contributed by atoms with E-state index in [-0.39, 0.29) is 25.2 Å².